The van der Waals surface area contributed by atoms with E-state index in [1.54, 1.807) is 0 Å². The summed E-state index contributed by atoms with van der Waals surface area (Å²) in [5.74, 6) is 0. The maximum atomic E-state index is 10.4. The molecule has 1 fully saturated rings. The first-order valence-corrected chi connectivity index (χ1v) is 6.30. The average Bonchev–Trinajstić information content (AvgIpc) is 2.20. The summed E-state index contributed by atoms with van der Waals surface area (Å²) < 4.78 is 0. The van der Waals surface area contributed by atoms with E-state index < -0.39 is 0 Å². The third-order valence-corrected chi connectivity index (χ3v) is 4.30. The van der Waals surface area contributed by atoms with E-state index in [1.165, 1.54) is 6.42 Å². The molecule has 3 atom stereocenters. The third kappa shape index (κ3) is 2.73. The van der Waals surface area contributed by atoms with E-state index in [0.29, 0.717) is 12.1 Å². The Morgan fingerprint density at radius 2 is 2.07 bits per heavy atom. The molecule has 0 aliphatic heterocycles. The van der Waals surface area contributed by atoms with Gasteiger partial charge in [-0.05, 0) is 38.6 Å². The van der Waals surface area contributed by atoms with Crippen molar-refractivity contribution in [2.75, 3.05) is 7.05 Å². The van der Waals surface area contributed by atoms with Crippen molar-refractivity contribution >= 4 is 0 Å². The molecule has 90 valence electrons. The minimum atomic E-state index is -0.176. The average molecular weight is 213 g/mol. The SMILES string of the molecule is CCC(C)N(C)C1CCCC(C)(C)C1O. The highest BCUT2D eigenvalue weighted by Crippen LogP contribution is 2.37. The molecule has 1 aliphatic carbocycles. The fraction of sp³-hybridized carbons (Fsp3) is 1.00. The minimum Gasteiger partial charge on any atom is -0.391 e. The van der Waals surface area contributed by atoms with Gasteiger partial charge < -0.3 is 5.11 Å². The van der Waals surface area contributed by atoms with Gasteiger partial charge in [0.2, 0.25) is 0 Å². The summed E-state index contributed by atoms with van der Waals surface area (Å²) in [7, 11) is 2.16. The van der Waals surface area contributed by atoms with Crippen LogP contribution in [0.1, 0.15) is 53.4 Å². The van der Waals surface area contributed by atoms with Crippen molar-refractivity contribution < 1.29 is 5.11 Å². The van der Waals surface area contributed by atoms with E-state index in [0.717, 1.165) is 19.3 Å². The maximum Gasteiger partial charge on any atom is 0.0746 e. The lowest BCUT2D eigenvalue weighted by molar-refractivity contribution is -0.0595. The third-order valence-electron chi connectivity index (χ3n) is 4.30. The van der Waals surface area contributed by atoms with Crippen LogP contribution in [0.5, 0.6) is 0 Å². The Morgan fingerprint density at radius 1 is 1.47 bits per heavy atom. The highest BCUT2D eigenvalue weighted by Gasteiger charge is 2.40. The molecule has 0 saturated heterocycles. The number of nitrogens with zero attached hydrogens (tertiary/aromatic N) is 1. The molecule has 1 aliphatic rings. The molecular formula is C13H27NO. The molecule has 0 aromatic carbocycles. The highest BCUT2D eigenvalue weighted by atomic mass is 16.3. The summed E-state index contributed by atoms with van der Waals surface area (Å²) in [6.07, 6.45) is 4.52. The zero-order valence-electron chi connectivity index (χ0n) is 11.0. The van der Waals surface area contributed by atoms with Gasteiger partial charge in [0.05, 0.1) is 6.10 Å². The lowest BCUT2D eigenvalue weighted by atomic mass is 9.72. The second-order valence-electron chi connectivity index (χ2n) is 5.82. The molecule has 0 heterocycles. The van der Waals surface area contributed by atoms with E-state index in [4.69, 9.17) is 0 Å². The molecule has 0 amide bonds. The van der Waals surface area contributed by atoms with Gasteiger partial charge >= 0.3 is 0 Å². The monoisotopic (exact) mass is 213 g/mol. The van der Waals surface area contributed by atoms with Crippen LogP contribution < -0.4 is 0 Å². The quantitative estimate of drug-likeness (QED) is 0.779. The predicted molar refractivity (Wildman–Crippen MR) is 64.9 cm³/mol. The van der Waals surface area contributed by atoms with Crippen LogP contribution in [-0.2, 0) is 0 Å². The van der Waals surface area contributed by atoms with Crippen LogP contribution in [0, 0.1) is 5.41 Å². The summed E-state index contributed by atoms with van der Waals surface area (Å²) in [4.78, 5) is 2.37. The number of rotatable bonds is 3. The first kappa shape index (κ1) is 13.0. The molecule has 0 radical (unpaired) electrons. The van der Waals surface area contributed by atoms with Crippen LogP contribution in [0.15, 0.2) is 0 Å². The van der Waals surface area contributed by atoms with Crippen molar-refractivity contribution in [1.82, 2.24) is 4.90 Å². The molecule has 0 aromatic heterocycles. The molecule has 1 N–H and O–H groups in total. The van der Waals surface area contributed by atoms with Crippen LogP contribution in [0.4, 0.5) is 0 Å². The minimum absolute atomic E-state index is 0.0879. The zero-order chi connectivity index (χ0) is 11.6. The summed E-state index contributed by atoms with van der Waals surface area (Å²) in [6, 6.07) is 0.919. The number of hydrogen-bond acceptors (Lipinski definition) is 2. The molecule has 3 unspecified atom stereocenters. The molecular weight excluding hydrogens is 186 g/mol. The van der Waals surface area contributed by atoms with Gasteiger partial charge in [-0.3, -0.25) is 4.90 Å². The van der Waals surface area contributed by atoms with Crippen LogP contribution in [-0.4, -0.2) is 35.2 Å². The first-order chi connectivity index (χ1) is 6.90. The van der Waals surface area contributed by atoms with E-state index in [9.17, 15) is 5.11 Å². The Kier molecular flexibility index (Phi) is 4.19. The Balaban J connectivity index is 2.68. The lowest BCUT2D eigenvalue weighted by Gasteiger charge is -2.46. The van der Waals surface area contributed by atoms with Gasteiger partial charge in [-0.15, -0.1) is 0 Å². The van der Waals surface area contributed by atoms with Crippen LogP contribution in [0.2, 0.25) is 0 Å². The molecule has 1 saturated carbocycles. The summed E-state index contributed by atoms with van der Waals surface area (Å²) in [5.41, 5.74) is 0.0879. The fourth-order valence-electron chi connectivity index (χ4n) is 2.63. The molecule has 2 heteroatoms. The van der Waals surface area contributed by atoms with Gasteiger partial charge in [-0.25, -0.2) is 0 Å². The second-order valence-corrected chi connectivity index (χ2v) is 5.82. The Morgan fingerprint density at radius 3 is 2.60 bits per heavy atom. The van der Waals surface area contributed by atoms with Gasteiger partial charge in [-0.1, -0.05) is 27.2 Å². The largest absolute Gasteiger partial charge is 0.391 e. The molecule has 2 nitrogen and oxygen atoms in total. The maximum absolute atomic E-state index is 10.4. The van der Waals surface area contributed by atoms with Crippen molar-refractivity contribution in [1.29, 1.82) is 0 Å². The van der Waals surface area contributed by atoms with Crippen LogP contribution in [0.3, 0.4) is 0 Å². The zero-order valence-corrected chi connectivity index (χ0v) is 11.0. The summed E-state index contributed by atoms with van der Waals surface area (Å²) in [6.45, 7) is 8.83. The molecule has 0 spiro atoms. The van der Waals surface area contributed by atoms with Crippen LogP contribution >= 0.6 is 0 Å². The van der Waals surface area contributed by atoms with Crippen molar-refractivity contribution in [2.45, 2.75) is 71.6 Å². The Bertz CT molecular complexity index is 203. The number of aliphatic hydroxyl groups is 1. The Hall–Kier alpha value is -0.0800. The molecule has 0 aromatic rings. The predicted octanol–water partition coefficient (Wildman–Crippen LogP) is 2.66. The summed E-state index contributed by atoms with van der Waals surface area (Å²) >= 11 is 0. The lowest BCUT2D eigenvalue weighted by Crippen LogP contribution is -2.53. The van der Waals surface area contributed by atoms with E-state index in [1.807, 2.05) is 0 Å². The normalized spacial score (nSPS) is 33.0. The fourth-order valence-corrected chi connectivity index (χ4v) is 2.63. The molecule has 1 rings (SSSR count). The molecule has 15 heavy (non-hydrogen) atoms. The van der Waals surface area contributed by atoms with Crippen molar-refractivity contribution in [3.8, 4) is 0 Å². The van der Waals surface area contributed by atoms with Crippen molar-refractivity contribution in [3.05, 3.63) is 0 Å². The number of aliphatic hydroxyl groups excluding tert-OH is 1. The van der Waals surface area contributed by atoms with E-state index >= 15 is 0 Å². The van der Waals surface area contributed by atoms with E-state index in [2.05, 4.69) is 39.6 Å². The first-order valence-electron chi connectivity index (χ1n) is 6.30. The van der Waals surface area contributed by atoms with Crippen molar-refractivity contribution in [2.24, 2.45) is 5.41 Å². The van der Waals surface area contributed by atoms with Gasteiger partial charge in [0.15, 0.2) is 0 Å². The van der Waals surface area contributed by atoms with E-state index in [-0.39, 0.29) is 11.5 Å². The molecule has 0 bridgehead atoms. The number of likely N-dealkylation sites (N-methyl/N-ethyl adjacent to an activating group) is 1. The Labute approximate surface area is 94.7 Å². The summed E-state index contributed by atoms with van der Waals surface area (Å²) in [5, 5.41) is 10.4. The van der Waals surface area contributed by atoms with Gasteiger partial charge in [0.1, 0.15) is 0 Å². The highest BCUT2D eigenvalue weighted by molar-refractivity contribution is 4.93. The second kappa shape index (κ2) is 4.84. The van der Waals surface area contributed by atoms with Crippen molar-refractivity contribution in [3.63, 3.8) is 0 Å². The van der Waals surface area contributed by atoms with Crippen LogP contribution in [0.25, 0.3) is 0 Å². The smallest absolute Gasteiger partial charge is 0.0746 e. The topological polar surface area (TPSA) is 23.5 Å². The standard InChI is InChI=1S/C13H27NO/c1-6-10(2)14(5)11-8-7-9-13(3,4)12(11)15/h10-12,15H,6-9H2,1-5H3. The van der Waals surface area contributed by atoms with Gasteiger partial charge in [-0.2, -0.15) is 0 Å². The van der Waals surface area contributed by atoms with Gasteiger partial charge in [0, 0.05) is 12.1 Å². The number of hydrogen-bond donors (Lipinski definition) is 1. The van der Waals surface area contributed by atoms with Gasteiger partial charge in [0.25, 0.3) is 0 Å².